The molecule has 0 heterocycles. The van der Waals surface area contributed by atoms with Gasteiger partial charge < -0.3 is 0 Å². The Morgan fingerprint density at radius 2 is 2.44 bits per heavy atom. The summed E-state index contributed by atoms with van der Waals surface area (Å²) in [7, 11) is 0.197. The molecule has 0 aromatic rings. The van der Waals surface area contributed by atoms with Crippen molar-refractivity contribution >= 4 is 39.1 Å². The Hall–Kier alpha value is 0.697. The quantitative estimate of drug-likeness (QED) is 0.508. The van der Waals surface area contributed by atoms with Gasteiger partial charge in [-0.3, -0.25) is 0 Å². The van der Waals surface area contributed by atoms with Crippen LogP contribution in [0.25, 0.3) is 0 Å². The molecule has 0 radical (unpaired) electrons. The molecular formula is C7H13NaSi. The summed E-state index contributed by atoms with van der Waals surface area (Å²) < 4.78 is 0. The minimum absolute atomic E-state index is 0. The van der Waals surface area contributed by atoms with Crippen molar-refractivity contribution in [3.8, 4) is 0 Å². The molecule has 0 aliphatic heterocycles. The minimum atomic E-state index is 0. The fourth-order valence-corrected chi connectivity index (χ4v) is 2.31. The van der Waals surface area contributed by atoms with Gasteiger partial charge in [0.15, 0.2) is 0 Å². The normalized spacial score (nSPS) is 16.3. The summed E-state index contributed by atoms with van der Waals surface area (Å²) in [5.74, 6) is 0. The Labute approximate surface area is 81.5 Å². The first-order valence-electron chi connectivity index (χ1n) is 3.28. The Bertz CT molecular complexity index is 127. The fraction of sp³-hybridized carbons (Fsp3) is 0.429. The van der Waals surface area contributed by atoms with Crippen molar-refractivity contribution < 1.29 is 0 Å². The summed E-state index contributed by atoms with van der Waals surface area (Å²) >= 11 is 0. The zero-order chi connectivity index (χ0) is 5.82. The van der Waals surface area contributed by atoms with Crippen LogP contribution in [0.2, 0.25) is 6.04 Å². The van der Waals surface area contributed by atoms with Gasteiger partial charge in [0, 0.05) is 9.52 Å². The summed E-state index contributed by atoms with van der Waals surface area (Å²) in [4.78, 5) is 0. The van der Waals surface area contributed by atoms with E-state index in [2.05, 4.69) is 25.2 Å². The van der Waals surface area contributed by atoms with E-state index in [1.807, 2.05) is 0 Å². The van der Waals surface area contributed by atoms with Crippen LogP contribution < -0.4 is 0 Å². The third-order valence-corrected chi connectivity index (χ3v) is 3.09. The third-order valence-electron chi connectivity index (χ3n) is 1.42. The van der Waals surface area contributed by atoms with Gasteiger partial charge in [-0.25, -0.2) is 0 Å². The first-order chi connectivity index (χ1) is 3.93. The van der Waals surface area contributed by atoms with Gasteiger partial charge in [0.2, 0.25) is 0 Å². The van der Waals surface area contributed by atoms with Crippen LogP contribution >= 0.6 is 0 Å². The molecule has 0 saturated carbocycles. The summed E-state index contributed by atoms with van der Waals surface area (Å²) in [6.45, 7) is 2.28. The van der Waals surface area contributed by atoms with Crippen molar-refractivity contribution in [3.63, 3.8) is 0 Å². The second-order valence-electron chi connectivity index (χ2n) is 2.21. The van der Waals surface area contributed by atoms with Crippen LogP contribution in [0.15, 0.2) is 23.4 Å². The van der Waals surface area contributed by atoms with E-state index < -0.39 is 0 Å². The van der Waals surface area contributed by atoms with Crippen molar-refractivity contribution in [2.45, 2.75) is 19.4 Å². The second kappa shape index (κ2) is 5.48. The molecule has 0 atom stereocenters. The number of hydrogen-bond acceptors (Lipinski definition) is 0. The molecule has 0 N–H and O–H groups in total. The average molecular weight is 148 g/mol. The zero-order valence-corrected chi connectivity index (χ0v) is 6.77. The molecule has 1 rings (SSSR count). The summed E-state index contributed by atoms with van der Waals surface area (Å²) in [5, 5.41) is 1.73. The summed E-state index contributed by atoms with van der Waals surface area (Å²) in [6.07, 6.45) is 7.98. The maximum atomic E-state index is 2.29. The molecule has 0 unspecified atom stereocenters. The van der Waals surface area contributed by atoms with Crippen molar-refractivity contribution in [1.82, 2.24) is 0 Å². The first-order valence-corrected chi connectivity index (χ1v) is 4.98. The molecule has 1 aliphatic rings. The van der Waals surface area contributed by atoms with Gasteiger partial charge in [-0.15, -0.1) is 0 Å². The molecule has 46 valence electrons. The predicted molar refractivity (Wildman–Crippen MR) is 48.0 cm³/mol. The van der Waals surface area contributed by atoms with Crippen LogP contribution in [0.3, 0.4) is 0 Å². The van der Waals surface area contributed by atoms with Crippen LogP contribution in [0.4, 0.5) is 0 Å². The SMILES string of the molecule is CC[SiH2]C1=CC=CC1.[NaH]. The molecule has 0 nitrogen and oxygen atoms in total. The van der Waals surface area contributed by atoms with E-state index in [1.165, 1.54) is 12.5 Å². The summed E-state index contributed by atoms with van der Waals surface area (Å²) in [6, 6.07) is 1.42. The van der Waals surface area contributed by atoms with E-state index in [9.17, 15) is 0 Å². The molecule has 9 heavy (non-hydrogen) atoms. The van der Waals surface area contributed by atoms with Gasteiger partial charge in [0.1, 0.15) is 0 Å². The maximum absolute atomic E-state index is 2.29. The van der Waals surface area contributed by atoms with Crippen molar-refractivity contribution in [3.05, 3.63) is 23.4 Å². The van der Waals surface area contributed by atoms with Crippen LogP contribution in [-0.4, -0.2) is 39.1 Å². The Balaban J connectivity index is 0.000000640. The van der Waals surface area contributed by atoms with E-state index >= 15 is 0 Å². The van der Waals surface area contributed by atoms with Crippen LogP contribution in [0.5, 0.6) is 0 Å². The number of hydrogen-bond donors (Lipinski definition) is 0. The first kappa shape index (κ1) is 9.70. The van der Waals surface area contributed by atoms with Gasteiger partial charge in [0.25, 0.3) is 0 Å². The van der Waals surface area contributed by atoms with Gasteiger partial charge in [-0.2, -0.15) is 0 Å². The molecule has 0 amide bonds. The molecule has 2 heteroatoms. The van der Waals surface area contributed by atoms with E-state index in [0.717, 1.165) is 0 Å². The van der Waals surface area contributed by atoms with Gasteiger partial charge in [0.05, 0.1) is 0 Å². The van der Waals surface area contributed by atoms with Crippen molar-refractivity contribution in [2.75, 3.05) is 0 Å². The average Bonchev–Trinajstić information content (AvgIpc) is 2.19. The van der Waals surface area contributed by atoms with Crippen molar-refractivity contribution in [2.24, 2.45) is 0 Å². The molecule has 0 aromatic heterocycles. The van der Waals surface area contributed by atoms with Crippen LogP contribution in [-0.2, 0) is 0 Å². The number of allylic oxidation sites excluding steroid dienone is 4. The Kier molecular flexibility index (Phi) is 5.90. The fourth-order valence-electron chi connectivity index (χ4n) is 0.998. The van der Waals surface area contributed by atoms with Crippen LogP contribution in [0.1, 0.15) is 13.3 Å². The van der Waals surface area contributed by atoms with E-state index in [1.54, 1.807) is 5.20 Å². The standard InChI is InChI=1S/C7H12Si.Na.H/c1-2-8-7-5-3-4-6-7;;/h3-5H,2,6,8H2,1H3;;. The summed E-state index contributed by atoms with van der Waals surface area (Å²) in [5.41, 5.74) is 0. The zero-order valence-electron chi connectivity index (χ0n) is 5.35. The molecule has 0 fully saturated rings. The third kappa shape index (κ3) is 3.41. The Morgan fingerprint density at radius 3 is 2.89 bits per heavy atom. The van der Waals surface area contributed by atoms with Gasteiger partial charge in [-0.1, -0.05) is 36.4 Å². The Morgan fingerprint density at radius 1 is 1.67 bits per heavy atom. The van der Waals surface area contributed by atoms with E-state index in [4.69, 9.17) is 0 Å². The molecular weight excluding hydrogens is 135 g/mol. The monoisotopic (exact) mass is 148 g/mol. The van der Waals surface area contributed by atoms with Crippen molar-refractivity contribution in [1.29, 1.82) is 0 Å². The van der Waals surface area contributed by atoms with Gasteiger partial charge >= 0.3 is 29.6 Å². The van der Waals surface area contributed by atoms with Gasteiger partial charge in [-0.05, 0) is 6.42 Å². The topological polar surface area (TPSA) is 0 Å². The van der Waals surface area contributed by atoms with E-state index in [-0.39, 0.29) is 39.1 Å². The molecule has 0 bridgehead atoms. The molecule has 0 spiro atoms. The molecule has 1 aliphatic carbocycles. The van der Waals surface area contributed by atoms with E-state index in [0.29, 0.717) is 0 Å². The molecule has 0 aromatic carbocycles. The number of rotatable bonds is 2. The second-order valence-corrected chi connectivity index (χ2v) is 4.62. The predicted octanol–water partition coefficient (Wildman–Crippen LogP) is 0.789. The molecule has 0 saturated heterocycles. The van der Waals surface area contributed by atoms with Crippen LogP contribution in [0, 0.1) is 0 Å².